The van der Waals surface area contributed by atoms with Crippen LogP contribution in [-0.4, -0.2) is 26.4 Å². The monoisotopic (exact) mass is 1300 g/mol. The highest BCUT2D eigenvalue weighted by molar-refractivity contribution is 8.00. The van der Waals surface area contributed by atoms with E-state index >= 15 is 0 Å². The number of rotatable bonds is 6. The summed E-state index contributed by atoms with van der Waals surface area (Å²) in [5, 5.41) is 6.90. The molecule has 2 atom stereocenters. The molecule has 12 heteroatoms. The van der Waals surface area contributed by atoms with Crippen LogP contribution in [0.15, 0.2) is 140 Å². The second-order valence-corrected chi connectivity index (χ2v) is 36.4. The number of ether oxygens (including phenoxy) is 3. The summed E-state index contributed by atoms with van der Waals surface area (Å²) in [6, 6.07) is 55.6. The Bertz CT molecular complexity index is 5050. The fourth-order valence-electron chi connectivity index (χ4n) is 25.5. The fourth-order valence-corrected chi connectivity index (χ4v) is 28.8. The summed E-state index contributed by atoms with van der Waals surface area (Å²) in [7, 11) is 0. The molecule has 0 radical (unpaired) electrons. The first-order valence-corrected chi connectivity index (χ1v) is 39.9. The van der Waals surface area contributed by atoms with Crippen LogP contribution in [-0.2, 0) is 16.2 Å². The van der Waals surface area contributed by atoms with Crippen LogP contribution in [0.3, 0.4) is 0 Å². The molecule has 6 aliphatic heterocycles. The van der Waals surface area contributed by atoms with E-state index < -0.39 is 0 Å². The lowest BCUT2D eigenvalue weighted by molar-refractivity contribution is -0.00539. The maximum atomic E-state index is 7.81. The first-order valence-electron chi connectivity index (χ1n) is 37.1. The average Bonchev–Trinajstić information content (AvgIpc) is 0.786. The lowest BCUT2D eigenvalue weighted by Gasteiger charge is -2.57. The van der Waals surface area contributed by atoms with Crippen molar-refractivity contribution in [3.05, 3.63) is 156 Å². The number of para-hydroxylation sites is 1. The van der Waals surface area contributed by atoms with Crippen molar-refractivity contribution < 1.29 is 14.2 Å². The Morgan fingerprint density at radius 3 is 1.68 bits per heavy atom. The highest BCUT2D eigenvalue weighted by atomic mass is 32.2. The van der Waals surface area contributed by atoms with Gasteiger partial charge in [-0.1, -0.05) is 86.8 Å². The second kappa shape index (κ2) is 19.3. The van der Waals surface area contributed by atoms with Crippen molar-refractivity contribution in [2.24, 2.45) is 47.3 Å². The molecule has 16 aliphatic rings. The van der Waals surface area contributed by atoms with Gasteiger partial charge in [-0.25, -0.2) is 0 Å². The van der Waals surface area contributed by atoms with Crippen LogP contribution in [0.4, 0.5) is 39.8 Å². The molecule has 96 heavy (non-hydrogen) atoms. The molecule has 0 amide bonds. The highest BCUT2D eigenvalue weighted by Crippen LogP contribution is 2.64. The van der Waals surface area contributed by atoms with Crippen LogP contribution >= 0.6 is 34.6 Å². The zero-order valence-electron chi connectivity index (χ0n) is 54.9. The van der Waals surface area contributed by atoms with Crippen LogP contribution in [0.5, 0.6) is 34.5 Å². The van der Waals surface area contributed by atoms with Crippen molar-refractivity contribution in [1.82, 2.24) is 0 Å². The average molecular weight is 1300 g/mol. The number of hydrogen-bond donors (Lipinski definition) is 1. The predicted octanol–water partition coefficient (Wildman–Crippen LogP) is 16.7. The van der Waals surface area contributed by atoms with Crippen molar-refractivity contribution in [3.63, 3.8) is 0 Å². The van der Waals surface area contributed by atoms with Gasteiger partial charge < -0.3 is 24.4 Å². The van der Waals surface area contributed by atoms with Gasteiger partial charge in [0.25, 0.3) is 20.1 Å². The van der Waals surface area contributed by atoms with Gasteiger partial charge in [-0.05, 0) is 294 Å². The van der Waals surface area contributed by atoms with Gasteiger partial charge in [-0.3, -0.25) is 4.31 Å². The van der Waals surface area contributed by atoms with Gasteiger partial charge in [0.05, 0.1) is 17.1 Å². The first-order chi connectivity index (χ1) is 47.2. The number of fused-ring (bicyclic) bond motifs is 18. The summed E-state index contributed by atoms with van der Waals surface area (Å²) >= 11 is 5.79. The van der Waals surface area contributed by atoms with Gasteiger partial charge in [0.15, 0.2) is 0 Å². The Morgan fingerprint density at radius 1 is 0.469 bits per heavy atom. The minimum absolute atomic E-state index is 0.00884. The minimum atomic E-state index is -0.142. The molecule has 10 fully saturated rings. The summed E-state index contributed by atoms with van der Waals surface area (Å²) in [5.74, 6) is 12.6. The van der Waals surface area contributed by atoms with Gasteiger partial charge in [0.1, 0.15) is 34.5 Å². The van der Waals surface area contributed by atoms with Crippen LogP contribution in [0, 0.1) is 47.3 Å². The third kappa shape index (κ3) is 7.35. The highest BCUT2D eigenvalue weighted by Gasteiger charge is 2.57. The second-order valence-electron chi connectivity index (χ2n) is 33.5. The Hall–Kier alpha value is -6.98. The molecule has 0 saturated heterocycles. The van der Waals surface area contributed by atoms with Crippen LogP contribution in [0.1, 0.15) is 146 Å². The van der Waals surface area contributed by atoms with Crippen molar-refractivity contribution in [2.45, 2.75) is 145 Å². The van der Waals surface area contributed by atoms with E-state index in [1.165, 1.54) is 240 Å². The van der Waals surface area contributed by atoms with Crippen molar-refractivity contribution >= 4 is 163 Å². The van der Waals surface area contributed by atoms with Gasteiger partial charge >= 0.3 is 0 Å². The predicted molar refractivity (Wildman–Crippen MR) is 404 cm³/mol. The normalized spacial score (nSPS) is 29.9. The van der Waals surface area contributed by atoms with Gasteiger partial charge in [0, 0.05) is 76.3 Å². The first kappa shape index (κ1) is 55.0. The van der Waals surface area contributed by atoms with Crippen LogP contribution in [0.25, 0.3) is 20.2 Å². The number of nitrogens with one attached hydrogen (secondary N) is 1. The molecule has 0 spiro atoms. The van der Waals surface area contributed by atoms with Gasteiger partial charge in [-0.2, -0.15) is 0 Å². The van der Waals surface area contributed by atoms with Gasteiger partial charge in [0.2, 0.25) is 0 Å². The van der Waals surface area contributed by atoms with Crippen LogP contribution < -0.4 is 76.5 Å². The lowest BCUT2D eigenvalue weighted by Crippen LogP contribution is -2.64. The topological polar surface area (TPSA) is 46.2 Å². The molecule has 1 N–H and O–H groups in total. The van der Waals surface area contributed by atoms with E-state index in [0.29, 0.717) is 0 Å². The van der Waals surface area contributed by atoms with Crippen molar-refractivity contribution in [2.75, 3.05) is 20.8 Å². The molecule has 472 valence electrons. The zero-order chi connectivity index (χ0) is 62.4. The summed E-state index contributed by atoms with van der Waals surface area (Å²) in [4.78, 5) is 2.68. The zero-order valence-corrected chi connectivity index (χ0v) is 57.4. The van der Waals surface area contributed by atoms with Gasteiger partial charge in [-0.15, -0.1) is 22.7 Å². The SMILES string of the molecule is CCC1(c2cc3c4c(c2)N(c2ccccc2)c2c(sc5ccccc25)B4c2cc4c(cc2N3)Oc2cc(C35CC6CC(CC(C6)C3)C5)cc3c2B4c2cc4c(cc2O3)N(SC)c2cc(C35CC6CC(CC(C6)C3)C5)cc3c2B4c2sc4ccccc4c2O3)CC2CCCC(C2)C1. The number of nitrogens with zero attached hydrogens (tertiary/aromatic N) is 2. The number of benzene rings is 8. The molecular formula is C84H76B3N3O3S3. The van der Waals surface area contributed by atoms with E-state index in [4.69, 9.17) is 14.2 Å². The minimum Gasteiger partial charge on any atom is -0.458 e. The largest absolute Gasteiger partial charge is 0.458 e. The van der Waals surface area contributed by atoms with E-state index in [1.54, 1.807) is 0 Å². The molecule has 8 heterocycles. The summed E-state index contributed by atoms with van der Waals surface area (Å²) < 4.78 is 31.1. The third-order valence-electron chi connectivity index (χ3n) is 28.4. The molecule has 10 aromatic rings. The molecule has 6 nitrogen and oxygen atoms in total. The number of hydrogen-bond acceptors (Lipinski definition) is 9. The smallest absolute Gasteiger partial charge is 0.268 e. The molecule has 10 bridgehead atoms. The molecule has 8 aromatic carbocycles. The fraction of sp³-hybridized carbons (Fsp3) is 0.381. The molecular weight excluding hydrogens is 1230 g/mol. The molecule has 10 aliphatic carbocycles. The molecule has 10 saturated carbocycles. The van der Waals surface area contributed by atoms with Crippen molar-refractivity contribution in [1.29, 1.82) is 0 Å². The third-order valence-corrected chi connectivity index (χ3v) is 31.6. The Labute approximate surface area is 576 Å². The van der Waals surface area contributed by atoms with E-state index in [0.717, 1.165) is 88.3 Å². The Morgan fingerprint density at radius 2 is 1.02 bits per heavy atom. The Balaban J connectivity index is 0.733. The van der Waals surface area contributed by atoms with E-state index in [-0.39, 0.29) is 36.4 Å². The van der Waals surface area contributed by atoms with Crippen LogP contribution in [0.2, 0.25) is 0 Å². The lowest BCUT2D eigenvalue weighted by atomic mass is 9.31. The number of thiophene rings is 2. The molecule has 2 unspecified atom stereocenters. The van der Waals surface area contributed by atoms with E-state index in [9.17, 15) is 0 Å². The maximum absolute atomic E-state index is 7.81. The summed E-state index contributed by atoms with van der Waals surface area (Å²) in [6.07, 6.45) is 27.9. The number of anilines is 7. The molecule has 26 rings (SSSR count). The maximum Gasteiger partial charge on any atom is 0.268 e. The Kier molecular flexibility index (Phi) is 11.0. The van der Waals surface area contributed by atoms with Crippen molar-refractivity contribution in [3.8, 4) is 34.5 Å². The van der Waals surface area contributed by atoms with E-state index in [1.807, 2.05) is 34.6 Å². The molecule has 2 aromatic heterocycles. The van der Waals surface area contributed by atoms with E-state index in [2.05, 4.69) is 167 Å². The standard InChI is InChI=1S/C84H76B3N3O3S3/c1-3-82(37-45-12-11-13-46(20-45)38-82)53-27-64-75-66(28-53)89(56-14-5-4-6-15-56)78-57-16-7-9-18-73(57)95-80(78)86(75)59-33-61-68(35-63(59)88-64)91-71-31-55(84-42-50-24-51(43-84)26-52(25-50)44-84)32-72-77(71)85(61)62-34-60-65(36-69(62)92-72)90(94-2)67-29-54(83-39-47-21-48(40-83)23-49(22-47)41-83)30-70-76(67)87(60)81-79(93-70)58-17-8-10-19-74(58)96-81/h4-10,14-19,27-36,45-52,88H,3,11-13,20-26,37-44H2,1-2H3. The summed E-state index contributed by atoms with van der Waals surface area (Å²) in [6.45, 7) is 2.33. The summed E-state index contributed by atoms with van der Waals surface area (Å²) in [5.41, 5.74) is 22.9. The quantitative estimate of drug-likeness (QED) is 0.131.